The highest BCUT2D eigenvalue weighted by Gasteiger charge is 2.36. The van der Waals surface area contributed by atoms with Crippen molar-refractivity contribution in [2.75, 3.05) is 26.4 Å². The summed E-state index contributed by atoms with van der Waals surface area (Å²) in [6, 6.07) is 20.3. The minimum Gasteiger partial charge on any atom is -0.493 e. The zero-order chi connectivity index (χ0) is 26.9. The van der Waals surface area contributed by atoms with E-state index in [1.807, 2.05) is 61.5 Å². The molecule has 38 heavy (non-hydrogen) atoms. The number of H-pyrrole nitrogens is 1. The molecule has 0 aliphatic carbocycles. The van der Waals surface area contributed by atoms with Crippen molar-refractivity contribution >= 4 is 28.6 Å². The lowest BCUT2D eigenvalue weighted by Crippen LogP contribution is -2.42. The number of amides is 1. The summed E-state index contributed by atoms with van der Waals surface area (Å²) < 4.78 is 11.6. The lowest BCUT2D eigenvalue weighted by Gasteiger charge is -2.35. The number of aromatic amines is 1. The van der Waals surface area contributed by atoms with Gasteiger partial charge < -0.3 is 24.7 Å². The number of aromatic nitrogens is 1. The minimum atomic E-state index is -0.737. The Kier molecular flexibility index (Phi) is 7.34. The third-order valence-corrected chi connectivity index (χ3v) is 7.33. The number of nitrogens with one attached hydrogen (secondary N) is 1. The molecule has 3 aromatic carbocycles. The molecule has 1 aromatic heterocycles. The first-order chi connectivity index (χ1) is 18.3. The highest BCUT2D eigenvalue weighted by atomic mass is 35.5. The summed E-state index contributed by atoms with van der Waals surface area (Å²) in [6.07, 6.45) is 0.236. The van der Waals surface area contributed by atoms with Gasteiger partial charge in [0.1, 0.15) is 17.5 Å². The molecule has 1 aliphatic heterocycles. The number of carbonyl (C=O) groups is 1. The molecule has 0 radical (unpaired) electrons. The summed E-state index contributed by atoms with van der Waals surface area (Å²) in [5.41, 5.74) is 4.26. The van der Waals surface area contributed by atoms with Gasteiger partial charge in [-0.3, -0.25) is 4.90 Å². The largest absolute Gasteiger partial charge is 0.493 e. The van der Waals surface area contributed by atoms with E-state index in [1.165, 1.54) is 0 Å². The molecule has 0 bridgehead atoms. The Morgan fingerprint density at radius 2 is 1.74 bits per heavy atom. The van der Waals surface area contributed by atoms with Gasteiger partial charge >= 0.3 is 6.09 Å². The fourth-order valence-corrected chi connectivity index (χ4v) is 4.89. The van der Waals surface area contributed by atoms with Crippen LogP contribution < -0.4 is 9.47 Å². The van der Waals surface area contributed by atoms with Crippen molar-refractivity contribution in [1.82, 2.24) is 9.88 Å². The number of aliphatic hydroxyl groups is 2. The van der Waals surface area contributed by atoms with Crippen LogP contribution in [0.15, 0.2) is 66.7 Å². The average molecular weight is 535 g/mol. The number of carbonyl (C=O) groups excluding carboxylic acids is 1. The normalized spacial score (nSPS) is 15.4. The second-order valence-electron chi connectivity index (χ2n) is 10.2. The maximum atomic E-state index is 13.5. The second-order valence-corrected chi connectivity index (χ2v) is 10.7. The molecule has 8 heteroatoms. The zero-order valence-corrected chi connectivity index (χ0v) is 22.2. The average Bonchev–Trinajstić information content (AvgIpc) is 3.30. The number of benzene rings is 3. The molecule has 3 N–H and O–H groups in total. The lowest BCUT2D eigenvalue weighted by molar-refractivity contribution is 0.0287. The number of fused-ring (bicyclic) bond motifs is 3. The van der Waals surface area contributed by atoms with Crippen molar-refractivity contribution in [3.8, 4) is 11.5 Å². The van der Waals surface area contributed by atoms with E-state index in [4.69, 9.17) is 21.1 Å². The molecule has 1 amide bonds. The SMILES string of the molecule is Cc1ccc(OC(=O)N2CCc3c([nH]c4ccc(Cl)cc34)[C@@H]2c2ccc(OCC(C)(CO)CO)cc2)cc1. The summed E-state index contributed by atoms with van der Waals surface area (Å²) in [5.74, 6) is 1.10. The topological polar surface area (TPSA) is 95.0 Å². The Hall–Kier alpha value is -3.52. The van der Waals surface area contributed by atoms with E-state index in [1.54, 1.807) is 24.0 Å². The molecule has 2 heterocycles. The van der Waals surface area contributed by atoms with Crippen molar-refractivity contribution in [2.24, 2.45) is 5.41 Å². The fraction of sp³-hybridized carbons (Fsp3) is 0.300. The van der Waals surface area contributed by atoms with Crippen molar-refractivity contribution in [3.05, 3.63) is 94.1 Å². The van der Waals surface area contributed by atoms with E-state index in [0.29, 0.717) is 29.5 Å². The van der Waals surface area contributed by atoms with E-state index in [2.05, 4.69) is 4.98 Å². The predicted octanol–water partition coefficient (Wildman–Crippen LogP) is 5.65. The van der Waals surface area contributed by atoms with Crippen LogP contribution in [-0.2, 0) is 6.42 Å². The van der Waals surface area contributed by atoms with Crippen LogP contribution in [-0.4, -0.2) is 52.6 Å². The Morgan fingerprint density at radius 3 is 2.42 bits per heavy atom. The van der Waals surface area contributed by atoms with Gasteiger partial charge in [0.25, 0.3) is 0 Å². The Labute approximate surface area is 226 Å². The zero-order valence-electron chi connectivity index (χ0n) is 21.4. The number of nitrogens with zero attached hydrogens (tertiary/aromatic N) is 1. The molecule has 4 aromatic rings. The van der Waals surface area contributed by atoms with Gasteiger partial charge in [-0.25, -0.2) is 4.79 Å². The Balaban J connectivity index is 1.48. The van der Waals surface area contributed by atoms with E-state index >= 15 is 0 Å². The number of ether oxygens (including phenoxy) is 2. The number of aliphatic hydroxyl groups excluding tert-OH is 2. The number of rotatable bonds is 7. The van der Waals surface area contributed by atoms with Gasteiger partial charge in [0.2, 0.25) is 0 Å². The van der Waals surface area contributed by atoms with Crippen LogP contribution in [0.4, 0.5) is 4.79 Å². The Morgan fingerprint density at radius 1 is 1.05 bits per heavy atom. The number of hydrogen-bond donors (Lipinski definition) is 3. The maximum Gasteiger partial charge on any atom is 0.416 e. The fourth-order valence-electron chi connectivity index (χ4n) is 4.71. The quantitative estimate of drug-likeness (QED) is 0.285. The molecule has 198 valence electrons. The van der Waals surface area contributed by atoms with E-state index in [0.717, 1.165) is 33.3 Å². The summed E-state index contributed by atoms with van der Waals surface area (Å²) in [7, 11) is 0. The predicted molar refractivity (Wildman–Crippen MR) is 147 cm³/mol. The highest BCUT2D eigenvalue weighted by molar-refractivity contribution is 6.31. The maximum absolute atomic E-state index is 13.5. The first-order valence-corrected chi connectivity index (χ1v) is 13.0. The monoisotopic (exact) mass is 534 g/mol. The van der Waals surface area contributed by atoms with Gasteiger partial charge in [-0.2, -0.15) is 0 Å². The van der Waals surface area contributed by atoms with Crippen LogP contribution in [0, 0.1) is 12.3 Å². The standard InChI is InChI=1S/C30H31ClN2O5/c1-19-3-8-23(9-4-19)38-29(36)33-14-13-24-25-15-21(31)7-12-26(25)32-27(24)28(33)20-5-10-22(11-6-20)37-18-30(2,16-34)17-35/h3-12,15,28,32,34-35H,13-14,16-18H2,1-2H3/t28-/m0/s1. The molecule has 0 saturated heterocycles. The van der Waals surface area contributed by atoms with Crippen LogP contribution >= 0.6 is 11.6 Å². The van der Waals surface area contributed by atoms with Gasteiger partial charge in [0, 0.05) is 33.6 Å². The van der Waals surface area contributed by atoms with Crippen molar-refractivity contribution in [2.45, 2.75) is 26.3 Å². The number of aryl methyl sites for hydroxylation is 1. The van der Waals surface area contributed by atoms with Crippen LogP contribution in [0.5, 0.6) is 11.5 Å². The van der Waals surface area contributed by atoms with Gasteiger partial charge in [-0.05, 0) is 66.9 Å². The first kappa shape index (κ1) is 26.1. The van der Waals surface area contributed by atoms with E-state index in [-0.39, 0.29) is 19.8 Å². The summed E-state index contributed by atoms with van der Waals surface area (Å²) in [4.78, 5) is 18.7. The van der Waals surface area contributed by atoms with Gasteiger partial charge in [0.05, 0.1) is 19.8 Å². The molecular weight excluding hydrogens is 504 g/mol. The third-order valence-electron chi connectivity index (χ3n) is 7.10. The van der Waals surface area contributed by atoms with Gasteiger partial charge in [-0.15, -0.1) is 0 Å². The molecule has 5 rings (SSSR count). The lowest BCUT2D eigenvalue weighted by atomic mass is 9.92. The summed E-state index contributed by atoms with van der Waals surface area (Å²) in [5, 5.41) is 20.8. The Bertz CT molecular complexity index is 1430. The van der Waals surface area contributed by atoms with Gasteiger partial charge in [-0.1, -0.05) is 48.4 Å². The van der Waals surface area contributed by atoms with Crippen molar-refractivity contribution in [1.29, 1.82) is 0 Å². The van der Waals surface area contributed by atoms with Crippen LogP contribution in [0.2, 0.25) is 5.02 Å². The smallest absolute Gasteiger partial charge is 0.416 e. The molecule has 0 spiro atoms. The minimum absolute atomic E-state index is 0.171. The number of halogens is 1. The van der Waals surface area contributed by atoms with Crippen molar-refractivity contribution in [3.63, 3.8) is 0 Å². The van der Waals surface area contributed by atoms with Crippen LogP contribution in [0.25, 0.3) is 10.9 Å². The number of hydrogen-bond acceptors (Lipinski definition) is 5. The summed E-state index contributed by atoms with van der Waals surface area (Å²) in [6.45, 7) is 4.02. The van der Waals surface area contributed by atoms with Gasteiger partial charge in [0.15, 0.2) is 0 Å². The molecular formula is C30H31ClN2O5. The second kappa shape index (κ2) is 10.7. The molecule has 0 saturated carbocycles. The first-order valence-electron chi connectivity index (χ1n) is 12.6. The molecule has 7 nitrogen and oxygen atoms in total. The van der Waals surface area contributed by atoms with E-state index in [9.17, 15) is 15.0 Å². The van der Waals surface area contributed by atoms with E-state index < -0.39 is 17.6 Å². The molecule has 1 aliphatic rings. The highest BCUT2D eigenvalue weighted by Crippen LogP contribution is 2.40. The molecule has 0 unspecified atom stereocenters. The van der Waals surface area contributed by atoms with Crippen LogP contribution in [0.3, 0.4) is 0 Å². The molecule has 1 atom stereocenters. The van der Waals surface area contributed by atoms with Crippen LogP contribution in [0.1, 0.15) is 35.3 Å². The van der Waals surface area contributed by atoms with Crippen molar-refractivity contribution < 1.29 is 24.5 Å². The molecule has 0 fully saturated rings. The summed E-state index contributed by atoms with van der Waals surface area (Å²) >= 11 is 6.31. The third kappa shape index (κ3) is 5.23.